The molecule has 2 rings (SSSR count). The lowest BCUT2D eigenvalue weighted by atomic mass is 10.2. The number of carbonyl (C=O) groups is 1. The van der Waals surface area contributed by atoms with Crippen molar-refractivity contribution in [3.8, 4) is 5.75 Å². The molecule has 0 spiro atoms. The Hall–Kier alpha value is -2.41. The molecule has 0 unspecified atom stereocenters. The van der Waals surface area contributed by atoms with Crippen LogP contribution in [0.15, 0.2) is 35.1 Å². The maximum Gasteiger partial charge on any atom is 0.297 e. The fourth-order valence-electron chi connectivity index (χ4n) is 2.02. The third-order valence-electron chi connectivity index (χ3n) is 3.13. The van der Waals surface area contributed by atoms with E-state index in [1.165, 1.54) is 4.57 Å². The molecule has 2 aromatic rings. The fraction of sp³-hybridized carbons (Fsp3) is 0.267. The maximum atomic E-state index is 12.1. The summed E-state index contributed by atoms with van der Waals surface area (Å²) in [5.74, 6) is -1.19. The first-order chi connectivity index (χ1) is 10.5. The molecule has 0 saturated carbocycles. The highest BCUT2D eigenvalue weighted by Crippen LogP contribution is 2.09. The summed E-state index contributed by atoms with van der Waals surface area (Å²) in [4.78, 5) is 26.8. The number of hydrogen-bond acceptors (Lipinski definition) is 4. The first-order valence-electron chi connectivity index (χ1n) is 6.92. The van der Waals surface area contributed by atoms with Crippen LogP contribution in [0.4, 0.5) is 0 Å². The monoisotopic (exact) mass is 319 g/mol. The van der Waals surface area contributed by atoms with Gasteiger partial charge >= 0.3 is 0 Å². The van der Waals surface area contributed by atoms with Crippen molar-refractivity contribution in [2.75, 3.05) is 0 Å². The number of H-pyrrole nitrogens is 1. The van der Waals surface area contributed by atoms with E-state index in [-0.39, 0.29) is 17.0 Å². The highest BCUT2D eigenvalue weighted by Gasteiger charge is 2.17. The average molecular weight is 319 g/mol. The van der Waals surface area contributed by atoms with Crippen LogP contribution in [0.5, 0.6) is 5.75 Å². The summed E-state index contributed by atoms with van der Waals surface area (Å²) in [5, 5.41) is 12.6. The molecule has 3 N–H and O–H groups in total. The Bertz CT molecular complexity index is 781. The summed E-state index contributed by atoms with van der Waals surface area (Å²) >= 11 is 5.07. The van der Waals surface area contributed by atoms with Crippen molar-refractivity contribution >= 4 is 18.1 Å². The van der Waals surface area contributed by atoms with E-state index in [2.05, 4.69) is 10.3 Å². The van der Waals surface area contributed by atoms with Gasteiger partial charge in [-0.1, -0.05) is 37.3 Å². The average Bonchev–Trinajstić information content (AvgIpc) is 2.53. The van der Waals surface area contributed by atoms with E-state index in [4.69, 9.17) is 12.2 Å². The van der Waals surface area contributed by atoms with Crippen molar-refractivity contribution in [3.05, 3.63) is 56.7 Å². The van der Waals surface area contributed by atoms with Crippen molar-refractivity contribution in [3.63, 3.8) is 0 Å². The highest BCUT2D eigenvalue weighted by molar-refractivity contribution is 7.71. The number of carbonyl (C=O) groups excluding carboxylic acids is 1. The third-order valence-corrected chi connectivity index (χ3v) is 3.45. The van der Waals surface area contributed by atoms with Crippen LogP contribution in [0.3, 0.4) is 0 Å². The lowest BCUT2D eigenvalue weighted by Gasteiger charge is -2.10. The van der Waals surface area contributed by atoms with Gasteiger partial charge in [0.1, 0.15) is 0 Å². The van der Waals surface area contributed by atoms with E-state index < -0.39 is 17.2 Å². The molecule has 1 heterocycles. The van der Waals surface area contributed by atoms with Gasteiger partial charge in [0.15, 0.2) is 10.5 Å². The van der Waals surface area contributed by atoms with Gasteiger partial charge < -0.3 is 15.4 Å². The van der Waals surface area contributed by atoms with Gasteiger partial charge in [0.2, 0.25) is 5.75 Å². The Labute approximate surface area is 132 Å². The second-order valence-electron chi connectivity index (χ2n) is 4.78. The van der Waals surface area contributed by atoms with Crippen molar-refractivity contribution in [2.24, 2.45) is 0 Å². The zero-order valence-corrected chi connectivity index (χ0v) is 12.9. The number of nitrogens with one attached hydrogen (secondary N) is 2. The first kappa shape index (κ1) is 16.0. The van der Waals surface area contributed by atoms with E-state index in [0.29, 0.717) is 13.0 Å². The molecule has 0 bridgehead atoms. The quantitative estimate of drug-likeness (QED) is 0.735. The molecule has 1 aromatic carbocycles. The second-order valence-corrected chi connectivity index (χ2v) is 5.17. The van der Waals surface area contributed by atoms with Gasteiger partial charge in [-0.2, -0.15) is 0 Å². The number of hydrogen-bond donors (Lipinski definition) is 3. The molecule has 116 valence electrons. The van der Waals surface area contributed by atoms with Gasteiger partial charge in [-0.25, -0.2) is 0 Å². The number of amides is 1. The molecule has 0 fully saturated rings. The highest BCUT2D eigenvalue weighted by atomic mass is 32.1. The SMILES string of the molecule is CCCn1c(=S)[nH]c(C(=O)NCc2ccccc2)c(O)c1=O. The van der Waals surface area contributed by atoms with Gasteiger partial charge in [-0.15, -0.1) is 0 Å². The van der Waals surface area contributed by atoms with E-state index in [1.54, 1.807) is 0 Å². The van der Waals surface area contributed by atoms with Crippen LogP contribution >= 0.6 is 12.2 Å². The normalized spacial score (nSPS) is 10.4. The topological polar surface area (TPSA) is 87.1 Å². The zero-order valence-electron chi connectivity index (χ0n) is 12.1. The molecule has 7 heteroatoms. The summed E-state index contributed by atoms with van der Waals surface area (Å²) in [7, 11) is 0. The van der Waals surface area contributed by atoms with E-state index in [1.807, 2.05) is 37.3 Å². The molecular weight excluding hydrogens is 302 g/mol. The largest absolute Gasteiger partial charge is 0.501 e. The zero-order chi connectivity index (χ0) is 16.1. The van der Waals surface area contributed by atoms with E-state index in [0.717, 1.165) is 5.56 Å². The summed E-state index contributed by atoms with van der Waals surface area (Å²) in [6.45, 7) is 2.56. The minimum absolute atomic E-state index is 0.120. The van der Waals surface area contributed by atoms with Gasteiger partial charge in [0.25, 0.3) is 11.5 Å². The Balaban J connectivity index is 2.23. The number of aromatic nitrogens is 2. The molecule has 22 heavy (non-hydrogen) atoms. The number of benzene rings is 1. The van der Waals surface area contributed by atoms with Crippen molar-refractivity contribution in [1.82, 2.24) is 14.9 Å². The molecule has 0 aliphatic carbocycles. The van der Waals surface area contributed by atoms with Gasteiger partial charge in [0, 0.05) is 13.1 Å². The molecule has 6 nitrogen and oxygen atoms in total. The Morgan fingerprint density at radius 3 is 2.68 bits per heavy atom. The predicted octanol–water partition coefficient (Wildman–Crippen LogP) is 1.95. The molecule has 0 aliphatic rings. The minimum Gasteiger partial charge on any atom is -0.501 e. The summed E-state index contributed by atoms with van der Waals surface area (Å²) in [5.41, 5.74) is 0.0435. The summed E-state index contributed by atoms with van der Waals surface area (Å²) in [6, 6.07) is 9.32. The Morgan fingerprint density at radius 1 is 1.36 bits per heavy atom. The van der Waals surface area contributed by atoms with Crippen molar-refractivity contribution < 1.29 is 9.90 Å². The maximum absolute atomic E-state index is 12.1. The number of aromatic hydroxyl groups is 1. The molecule has 0 radical (unpaired) electrons. The number of rotatable bonds is 5. The Kier molecular flexibility index (Phi) is 5.11. The van der Waals surface area contributed by atoms with Crippen molar-refractivity contribution in [1.29, 1.82) is 0 Å². The summed E-state index contributed by atoms with van der Waals surface area (Å²) in [6.07, 6.45) is 0.691. The number of nitrogens with zero attached hydrogens (tertiary/aromatic N) is 1. The standard InChI is InChI=1S/C15H17N3O3S/c1-2-8-18-14(21)12(19)11(17-15(18)22)13(20)16-9-10-6-4-3-5-7-10/h3-7,19H,2,8-9H2,1H3,(H,16,20)(H,17,22). The lowest BCUT2D eigenvalue weighted by Crippen LogP contribution is -2.29. The van der Waals surface area contributed by atoms with E-state index >= 15 is 0 Å². The molecule has 0 aliphatic heterocycles. The fourth-order valence-corrected chi connectivity index (χ4v) is 2.29. The second kappa shape index (κ2) is 7.04. The molecular formula is C15H17N3O3S. The summed E-state index contributed by atoms with van der Waals surface area (Å²) < 4.78 is 1.35. The van der Waals surface area contributed by atoms with Crippen LogP contribution in [0.2, 0.25) is 0 Å². The van der Waals surface area contributed by atoms with Crippen LogP contribution in [0.25, 0.3) is 0 Å². The Morgan fingerprint density at radius 2 is 2.05 bits per heavy atom. The predicted molar refractivity (Wildman–Crippen MR) is 85.5 cm³/mol. The smallest absolute Gasteiger partial charge is 0.297 e. The molecule has 1 amide bonds. The van der Waals surface area contributed by atoms with Crippen LogP contribution < -0.4 is 10.9 Å². The first-order valence-corrected chi connectivity index (χ1v) is 7.33. The third kappa shape index (κ3) is 3.43. The molecule has 0 saturated heterocycles. The molecule has 1 aromatic heterocycles. The number of aromatic amines is 1. The molecule has 0 atom stereocenters. The van der Waals surface area contributed by atoms with Gasteiger partial charge in [-0.3, -0.25) is 14.2 Å². The van der Waals surface area contributed by atoms with Crippen LogP contribution in [0.1, 0.15) is 29.4 Å². The lowest BCUT2D eigenvalue weighted by molar-refractivity contribution is 0.0942. The van der Waals surface area contributed by atoms with Gasteiger partial charge in [-0.05, 0) is 24.2 Å². The van der Waals surface area contributed by atoms with Crippen LogP contribution in [0, 0.1) is 4.77 Å². The van der Waals surface area contributed by atoms with Crippen LogP contribution in [-0.4, -0.2) is 20.6 Å². The van der Waals surface area contributed by atoms with E-state index in [9.17, 15) is 14.7 Å². The minimum atomic E-state index is -0.657. The van der Waals surface area contributed by atoms with Gasteiger partial charge in [0.05, 0.1) is 0 Å². The van der Waals surface area contributed by atoms with Crippen molar-refractivity contribution in [2.45, 2.75) is 26.4 Å². The van der Waals surface area contributed by atoms with Crippen LogP contribution in [-0.2, 0) is 13.1 Å².